The van der Waals surface area contributed by atoms with Gasteiger partial charge in [-0.25, -0.2) is 0 Å². The Morgan fingerprint density at radius 1 is 1.27 bits per heavy atom. The maximum atomic E-state index is 11.8. The van der Waals surface area contributed by atoms with Gasteiger partial charge in [0.25, 0.3) is 5.91 Å². The number of aryl methyl sites for hydroxylation is 1. The van der Waals surface area contributed by atoms with Crippen molar-refractivity contribution in [3.05, 3.63) is 53.9 Å². The van der Waals surface area contributed by atoms with Crippen LogP contribution in [0.1, 0.15) is 18.2 Å². The minimum Gasteiger partial charge on any atom is -0.504 e. The molecule has 0 atom stereocenters. The Morgan fingerprint density at radius 2 is 2.00 bits per heavy atom. The fourth-order valence-electron chi connectivity index (χ4n) is 2.17. The number of rotatable bonds is 6. The normalized spacial score (nSPS) is 10.3. The van der Waals surface area contributed by atoms with Crippen LogP contribution in [0.3, 0.4) is 0 Å². The molecule has 1 amide bonds. The molecule has 0 radical (unpaired) electrons. The average molecular weight is 301 g/mol. The van der Waals surface area contributed by atoms with Crippen LogP contribution in [-0.2, 0) is 17.9 Å². The highest BCUT2D eigenvalue weighted by Crippen LogP contribution is 2.26. The average Bonchev–Trinajstić information content (AvgIpc) is 2.54. The summed E-state index contributed by atoms with van der Waals surface area (Å²) in [6.07, 6.45) is 1.78. The molecule has 0 unspecified atom stereocenters. The molecule has 2 N–H and O–H groups in total. The Bertz CT molecular complexity index is 642. The largest absolute Gasteiger partial charge is 0.504 e. The number of aromatic hydroxyl groups is 1. The first-order valence-electron chi connectivity index (χ1n) is 7.27. The summed E-state index contributed by atoms with van der Waals surface area (Å²) >= 11 is 0. The van der Waals surface area contributed by atoms with Gasteiger partial charge in [-0.05, 0) is 12.5 Å². The molecule has 5 heteroatoms. The zero-order valence-corrected chi connectivity index (χ0v) is 12.9. The molecule has 22 heavy (non-hydrogen) atoms. The topological polar surface area (TPSA) is 62.4 Å². The summed E-state index contributed by atoms with van der Waals surface area (Å²) in [5.74, 6) is 0.159. The fourth-order valence-corrected chi connectivity index (χ4v) is 2.17. The molecule has 0 fully saturated rings. The molecule has 1 aromatic heterocycles. The molecule has 0 aliphatic rings. The second-order valence-corrected chi connectivity index (χ2v) is 4.95. The molecule has 0 aliphatic carbocycles. The number of aromatic nitrogens is 1. The first-order chi connectivity index (χ1) is 10.6. The molecule has 0 saturated heterocycles. The van der Waals surface area contributed by atoms with Gasteiger partial charge in [0, 0.05) is 19.5 Å². The molecule has 2 aromatic rings. The quantitative estimate of drug-likeness (QED) is 0.798. The van der Waals surface area contributed by atoms with Gasteiger partial charge >= 0.3 is 0 Å². The lowest BCUT2D eigenvalue weighted by Gasteiger charge is -2.10. The van der Waals surface area contributed by atoms with Crippen molar-refractivity contribution in [2.24, 2.45) is 0 Å². The first-order valence-corrected chi connectivity index (χ1v) is 7.27. The zero-order valence-electron chi connectivity index (χ0n) is 12.9. The monoisotopic (exact) mass is 301 g/mol. The van der Waals surface area contributed by atoms with Gasteiger partial charge in [0.05, 0.1) is 0 Å². The standard InChI is InChI=1S/C17H20N2O3/c1-3-19-10-9-15(20)17(13(19)2)22-12-16(21)18-11-14-7-5-4-6-8-14/h4-10H,3,11-12H2,1-2H3,(H,18,21)/p+1. The van der Waals surface area contributed by atoms with Crippen LogP contribution in [0, 0.1) is 6.92 Å². The van der Waals surface area contributed by atoms with Crippen molar-refractivity contribution in [2.75, 3.05) is 6.61 Å². The number of carbonyl (C=O) groups excluding carboxylic acids is 1. The summed E-state index contributed by atoms with van der Waals surface area (Å²) in [4.78, 5) is 11.8. The molecule has 116 valence electrons. The predicted octanol–water partition coefficient (Wildman–Crippen LogP) is 1.70. The molecule has 5 nitrogen and oxygen atoms in total. The van der Waals surface area contributed by atoms with Crippen LogP contribution in [0.2, 0.25) is 0 Å². The van der Waals surface area contributed by atoms with Gasteiger partial charge in [-0.1, -0.05) is 30.3 Å². The number of amides is 1. The minimum absolute atomic E-state index is 0.0399. The predicted molar refractivity (Wildman–Crippen MR) is 82.5 cm³/mol. The molecule has 0 aliphatic heterocycles. The smallest absolute Gasteiger partial charge is 0.258 e. The number of pyridine rings is 1. The summed E-state index contributed by atoms with van der Waals surface area (Å²) in [6, 6.07) is 11.2. The highest BCUT2D eigenvalue weighted by Gasteiger charge is 2.17. The Morgan fingerprint density at radius 3 is 2.68 bits per heavy atom. The Labute approximate surface area is 130 Å². The maximum Gasteiger partial charge on any atom is 0.258 e. The van der Waals surface area contributed by atoms with E-state index in [0.29, 0.717) is 12.3 Å². The van der Waals surface area contributed by atoms with Crippen LogP contribution in [0.15, 0.2) is 42.6 Å². The first kappa shape index (κ1) is 15.8. The molecule has 0 spiro atoms. The van der Waals surface area contributed by atoms with Crippen molar-refractivity contribution in [3.63, 3.8) is 0 Å². The van der Waals surface area contributed by atoms with E-state index in [1.807, 2.05) is 48.7 Å². The number of carbonyl (C=O) groups is 1. The third-order valence-electron chi connectivity index (χ3n) is 3.43. The van der Waals surface area contributed by atoms with E-state index in [1.165, 1.54) is 0 Å². The second kappa shape index (κ2) is 7.45. The van der Waals surface area contributed by atoms with Crippen molar-refractivity contribution < 1.29 is 19.2 Å². The Hall–Kier alpha value is -2.56. The summed E-state index contributed by atoms with van der Waals surface area (Å²) in [5.41, 5.74) is 1.82. The van der Waals surface area contributed by atoms with E-state index in [-0.39, 0.29) is 18.3 Å². The lowest BCUT2D eigenvalue weighted by molar-refractivity contribution is -0.699. The van der Waals surface area contributed by atoms with E-state index in [2.05, 4.69) is 5.32 Å². The molecule has 1 heterocycles. The van der Waals surface area contributed by atoms with Crippen LogP contribution in [0.25, 0.3) is 0 Å². The van der Waals surface area contributed by atoms with Crippen molar-refractivity contribution in [1.29, 1.82) is 0 Å². The van der Waals surface area contributed by atoms with Gasteiger partial charge in [-0.15, -0.1) is 0 Å². The SMILES string of the molecule is CC[n+]1ccc(O)c(OCC(=O)NCc2ccccc2)c1C. The highest BCUT2D eigenvalue weighted by atomic mass is 16.5. The third kappa shape index (κ3) is 3.97. The van der Waals surface area contributed by atoms with Gasteiger partial charge in [-0.2, -0.15) is 4.57 Å². The molecule has 0 bridgehead atoms. The number of benzene rings is 1. The highest BCUT2D eigenvalue weighted by molar-refractivity contribution is 5.77. The molecule has 0 saturated carbocycles. The van der Waals surface area contributed by atoms with E-state index >= 15 is 0 Å². The number of nitrogens with zero attached hydrogens (tertiary/aromatic N) is 1. The zero-order chi connectivity index (χ0) is 15.9. The molecule has 1 aromatic carbocycles. The van der Waals surface area contributed by atoms with Gasteiger partial charge in [-0.3, -0.25) is 4.79 Å². The van der Waals surface area contributed by atoms with E-state index in [0.717, 1.165) is 17.8 Å². The number of nitrogens with one attached hydrogen (secondary N) is 1. The van der Waals surface area contributed by atoms with Crippen LogP contribution in [0.4, 0.5) is 0 Å². The van der Waals surface area contributed by atoms with E-state index in [1.54, 1.807) is 12.3 Å². The molecular weight excluding hydrogens is 280 g/mol. The van der Waals surface area contributed by atoms with Gasteiger partial charge < -0.3 is 15.2 Å². The minimum atomic E-state index is -0.227. The summed E-state index contributed by atoms with van der Waals surface area (Å²) in [6.45, 7) is 4.94. The van der Waals surface area contributed by atoms with Crippen molar-refractivity contribution >= 4 is 5.91 Å². The third-order valence-corrected chi connectivity index (χ3v) is 3.43. The molecular formula is C17H21N2O3+. The molecule has 2 rings (SSSR count). The van der Waals surface area contributed by atoms with Gasteiger partial charge in [0.2, 0.25) is 11.4 Å². The van der Waals surface area contributed by atoms with Crippen molar-refractivity contribution in [1.82, 2.24) is 5.32 Å². The Balaban J connectivity index is 1.91. The summed E-state index contributed by atoms with van der Waals surface area (Å²) in [5, 5.41) is 12.6. The number of ether oxygens (including phenoxy) is 1. The van der Waals surface area contributed by atoms with E-state index in [9.17, 15) is 9.90 Å². The van der Waals surface area contributed by atoms with E-state index in [4.69, 9.17) is 4.74 Å². The van der Waals surface area contributed by atoms with Gasteiger partial charge in [0.15, 0.2) is 18.6 Å². The number of hydrogen-bond acceptors (Lipinski definition) is 3. The fraction of sp³-hybridized carbons (Fsp3) is 0.294. The maximum absolute atomic E-state index is 11.8. The second-order valence-electron chi connectivity index (χ2n) is 4.95. The van der Waals surface area contributed by atoms with Crippen molar-refractivity contribution in [3.8, 4) is 11.5 Å². The van der Waals surface area contributed by atoms with Crippen LogP contribution in [0.5, 0.6) is 11.5 Å². The number of hydrogen-bond donors (Lipinski definition) is 2. The van der Waals surface area contributed by atoms with Crippen LogP contribution >= 0.6 is 0 Å². The lowest BCUT2D eigenvalue weighted by Crippen LogP contribution is -2.36. The van der Waals surface area contributed by atoms with Gasteiger partial charge in [0.1, 0.15) is 6.54 Å². The van der Waals surface area contributed by atoms with Crippen molar-refractivity contribution in [2.45, 2.75) is 26.9 Å². The van der Waals surface area contributed by atoms with Crippen LogP contribution < -0.4 is 14.6 Å². The lowest BCUT2D eigenvalue weighted by atomic mass is 10.2. The van der Waals surface area contributed by atoms with E-state index < -0.39 is 0 Å². The summed E-state index contributed by atoms with van der Waals surface area (Å²) in [7, 11) is 0. The Kier molecular flexibility index (Phi) is 5.36. The van der Waals surface area contributed by atoms with Crippen LogP contribution in [-0.4, -0.2) is 17.6 Å². The summed E-state index contributed by atoms with van der Waals surface area (Å²) < 4.78 is 7.42.